The fourth-order valence-electron chi connectivity index (χ4n) is 3.09. The van der Waals surface area contributed by atoms with Gasteiger partial charge in [0.1, 0.15) is 5.75 Å². The molecular weight excluding hydrogens is 398 g/mol. The second-order valence-electron chi connectivity index (χ2n) is 6.11. The second kappa shape index (κ2) is 6.96. The van der Waals surface area contributed by atoms with Crippen LogP contribution in [-0.2, 0) is 9.59 Å². The van der Waals surface area contributed by atoms with Crippen LogP contribution in [0.25, 0.3) is 0 Å². The molecule has 1 amide bonds. The molecule has 1 N–H and O–H groups in total. The third-order valence-electron chi connectivity index (χ3n) is 4.43. The molecule has 0 radical (unpaired) electrons. The van der Waals surface area contributed by atoms with E-state index in [1.807, 2.05) is 13.0 Å². The number of aliphatic hydroxyl groups excluding tert-OH is 1. The van der Waals surface area contributed by atoms with E-state index in [1.165, 1.54) is 11.8 Å². The lowest BCUT2D eigenvalue weighted by Gasteiger charge is -2.27. The normalized spacial score (nSPS) is 17.0. The standard InChI is InChI=1S/C20H18BrNO4/c1-11-7-8-14(10-16(11)21)22-18(13-5-4-6-15(9-13)26-3)17(12(2)23)19(24)20(22)25/h4-10,18,24H,1-3H3/t18-/m0/s1. The number of ether oxygens (including phenoxy) is 1. The number of Topliss-reactive ketones (excluding diaryl/α,β-unsaturated/α-hetero) is 1. The second-order valence-corrected chi connectivity index (χ2v) is 6.96. The summed E-state index contributed by atoms with van der Waals surface area (Å²) in [5.74, 6) is -0.854. The number of carbonyl (C=O) groups excluding carboxylic acids is 2. The highest BCUT2D eigenvalue weighted by Crippen LogP contribution is 2.42. The summed E-state index contributed by atoms with van der Waals surface area (Å²) in [6.07, 6.45) is 0. The summed E-state index contributed by atoms with van der Waals surface area (Å²) >= 11 is 3.47. The van der Waals surface area contributed by atoms with E-state index in [0.717, 1.165) is 10.0 Å². The zero-order valence-electron chi connectivity index (χ0n) is 14.6. The first-order valence-electron chi connectivity index (χ1n) is 8.03. The highest BCUT2D eigenvalue weighted by atomic mass is 79.9. The number of anilines is 1. The Morgan fingerprint density at radius 3 is 2.58 bits per heavy atom. The van der Waals surface area contributed by atoms with Gasteiger partial charge in [0.25, 0.3) is 5.91 Å². The number of amides is 1. The van der Waals surface area contributed by atoms with Crippen molar-refractivity contribution in [1.82, 2.24) is 0 Å². The van der Waals surface area contributed by atoms with Crippen molar-refractivity contribution in [1.29, 1.82) is 0 Å². The van der Waals surface area contributed by atoms with Crippen molar-refractivity contribution < 1.29 is 19.4 Å². The Morgan fingerprint density at radius 1 is 1.23 bits per heavy atom. The number of halogens is 1. The molecule has 5 nitrogen and oxygen atoms in total. The van der Waals surface area contributed by atoms with Crippen LogP contribution in [0.4, 0.5) is 5.69 Å². The number of carbonyl (C=O) groups is 2. The number of benzene rings is 2. The molecule has 1 heterocycles. The highest BCUT2D eigenvalue weighted by Gasteiger charge is 2.43. The van der Waals surface area contributed by atoms with Crippen LogP contribution in [0.2, 0.25) is 0 Å². The fourth-order valence-corrected chi connectivity index (χ4v) is 3.46. The molecule has 0 aliphatic carbocycles. The van der Waals surface area contributed by atoms with Crippen LogP contribution < -0.4 is 9.64 Å². The number of ketones is 1. The van der Waals surface area contributed by atoms with Crippen molar-refractivity contribution >= 4 is 33.3 Å². The molecule has 0 spiro atoms. The van der Waals surface area contributed by atoms with Crippen LogP contribution in [-0.4, -0.2) is 23.9 Å². The van der Waals surface area contributed by atoms with Gasteiger partial charge in [-0.15, -0.1) is 0 Å². The van der Waals surface area contributed by atoms with Crippen LogP contribution >= 0.6 is 15.9 Å². The zero-order chi connectivity index (χ0) is 19.0. The number of aryl methyl sites for hydroxylation is 1. The molecule has 2 aromatic rings. The van der Waals surface area contributed by atoms with Gasteiger partial charge >= 0.3 is 0 Å². The van der Waals surface area contributed by atoms with E-state index in [1.54, 1.807) is 43.5 Å². The van der Waals surface area contributed by atoms with Crippen LogP contribution in [0.5, 0.6) is 5.75 Å². The molecule has 3 rings (SSSR count). The Hall–Kier alpha value is -2.60. The van der Waals surface area contributed by atoms with E-state index in [2.05, 4.69) is 15.9 Å². The Balaban J connectivity index is 2.20. The van der Waals surface area contributed by atoms with Crippen molar-refractivity contribution in [2.24, 2.45) is 0 Å². The number of hydrogen-bond donors (Lipinski definition) is 1. The quantitative estimate of drug-likeness (QED) is 0.809. The number of nitrogens with zero attached hydrogens (tertiary/aromatic N) is 1. The Bertz CT molecular complexity index is 935. The van der Waals surface area contributed by atoms with E-state index in [9.17, 15) is 14.7 Å². The molecule has 0 aromatic heterocycles. The average molecular weight is 416 g/mol. The van der Waals surface area contributed by atoms with E-state index < -0.39 is 17.7 Å². The first-order valence-corrected chi connectivity index (χ1v) is 8.82. The van der Waals surface area contributed by atoms with Gasteiger partial charge in [0.15, 0.2) is 11.5 Å². The number of methoxy groups -OCH3 is 1. The van der Waals surface area contributed by atoms with Crippen LogP contribution in [0.1, 0.15) is 24.1 Å². The topological polar surface area (TPSA) is 66.8 Å². The predicted octanol–water partition coefficient (Wildman–Crippen LogP) is 4.26. The summed E-state index contributed by atoms with van der Waals surface area (Å²) in [7, 11) is 1.55. The van der Waals surface area contributed by atoms with Gasteiger partial charge in [-0.2, -0.15) is 0 Å². The maximum Gasteiger partial charge on any atom is 0.294 e. The van der Waals surface area contributed by atoms with Crippen molar-refractivity contribution in [3.63, 3.8) is 0 Å². The molecular formula is C20H18BrNO4. The van der Waals surface area contributed by atoms with Gasteiger partial charge in [0, 0.05) is 10.2 Å². The largest absolute Gasteiger partial charge is 0.503 e. The van der Waals surface area contributed by atoms with Crippen LogP contribution in [0, 0.1) is 6.92 Å². The predicted molar refractivity (Wildman–Crippen MR) is 102 cm³/mol. The van der Waals surface area contributed by atoms with E-state index in [0.29, 0.717) is 17.0 Å². The summed E-state index contributed by atoms with van der Waals surface area (Å²) in [6, 6.07) is 11.9. The van der Waals surface area contributed by atoms with Crippen LogP contribution in [0.3, 0.4) is 0 Å². The molecule has 0 unspecified atom stereocenters. The van der Waals surface area contributed by atoms with Gasteiger partial charge < -0.3 is 9.84 Å². The Labute approximate surface area is 160 Å². The third-order valence-corrected chi connectivity index (χ3v) is 5.28. The summed E-state index contributed by atoms with van der Waals surface area (Å²) in [4.78, 5) is 26.4. The van der Waals surface area contributed by atoms with Crippen molar-refractivity contribution in [2.75, 3.05) is 12.0 Å². The summed E-state index contributed by atoms with van der Waals surface area (Å²) in [6.45, 7) is 3.29. The average Bonchev–Trinajstić information content (AvgIpc) is 2.89. The van der Waals surface area contributed by atoms with Gasteiger partial charge in [0.2, 0.25) is 0 Å². The summed E-state index contributed by atoms with van der Waals surface area (Å²) in [5.41, 5.74) is 2.37. The SMILES string of the molecule is COc1cccc([C@H]2C(C(C)=O)=C(O)C(=O)N2c2ccc(C)c(Br)c2)c1. The molecule has 6 heteroatoms. The molecule has 1 atom stereocenters. The lowest BCUT2D eigenvalue weighted by Crippen LogP contribution is -2.30. The highest BCUT2D eigenvalue weighted by molar-refractivity contribution is 9.10. The molecule has 134 valence electrons. The zero-order valence-corrected chi connectivity index (χ0v) is 16.2. The van der Waals surface area contributed by atoms with E-state index in [-0.39, 0.29) is 11.4 Å². The van der Waals surface area contributed by atoms with E-state index in [4.69, 9.17) is 4.74 Å². The molecule has 0 saturated carbocycles. The number of aliphatic hydroxyl groups is 1. The third kappa shape index (κ3) is 3.01. The Kier molecular flexibility index (Phi) is 4.87. The minimum atomic E-state index is -0.718. The lowest BCUT2D eigenvalue weighted by molar-refractivity contribution is -0.117. The first-order chi connectivity index (χ1) is 12.3. The molecule has 1 aliphatic rings. The Morgan fingerprint density at radius 2 is 1.96 bits per heavy atom. The lowest BCUT2D eigenvalue weighted by atomic mass is 9.96. The van der Waals surface area contributed by atoms with Gasteiger partial charge in [0.05, 0.1) is 18.7 Å². The van der Waals surface area contributed by atoms with Gasteiger partial charge in [-0.1, -0.05) is 34.1 Å². The molecule has 1 aliphatic heterocycles. The molecule has 0 fully saturated rings. The van der Waals surface area contributed by atoms with Crippen molar-refractivity contribution in [3.8, 4) is 5.75 Å². The van der Waals surface area contributed by atoms with Gasteiger partial charge in [-0.25, -0.2) is 0 Å². The van der Waals surface area contributed by atoms with Gasteiger partial charge in [-0.3, -0.25) is 14.5 Å². The molecule has 2 aromatic carbocycles. The summed E-state index contributed by atoms with van der Waals surface area (Å²) in [5, 5.41) is 10.4. The minimum absolute atomic E-state index is 0.0833. The maximum atomic E-state index is 12.8. The minimum Gasteiger partial charge on any atom is -0.503 e. The monoisotopic (exact) mass is 415 g/mol. The molecule has 26 heavy (non-hydrogen) atoms. The fraction of sp³-hybridized carbons (Fsp3) is 0.200. The van der Waals surface area contributed by atoms with Crippen LogP contribution in [0.15, 0.2) is 58.3 Å². The maximum absolute atomic E-state index is 12.8. The van der Waals surface area contributed by atoms with Crippen molar-refractivity contribution in [3.05, 3.63) is 69.4 Å². The molecule has 0 bridgehead atoms. The summed E-state index contributed by atoms with van der Waals surface area (Å²) < 4.78 is 6.10. The molecule has 0 saturated heterocycles. The van der Waals surface area contributed by atoms with Crippen molar-refractivity contribution in [2.45, 2.75) is 19.9 Å². The number of hydrogen-bond acceptors (Lipinski definition) is 4. The van der Waals surface area contributed by atoms with E-state index >= 15 is 0 Å². The number of rotatable bonds is 4. The first kappa shape index (κ1) is 18.2. The van der Waals surface area contributed by atoms with Gasteiger partial charge in [-0.05, 0) is 49.2 Å². The smallest absolute Gasteiger partial charge is 0.294 e.